The number of para-hydroxylation sites is 1. The Labute approximate surface area is 184 Å². The molecule has 3 aromatic carbocycles. The topological polar surface area (TPSA) is 35.6 Å². The molecular weight excluding hydrogens is 382 g/mol. The number of carbonyl (C=O) groups excluding carboxylic acids is 1. The highest BCUT2D eigenvalue weighted by atomic mass is 16.2. The predicted molar refractivity (Wildman–Crippen MR) is 125 cm³/mol. The van der Waals surface area contributed by atoms with Crippen molar-refractivity contribution in [2.24, 2.45) is 0 Å². The van der Waals surface area contributed by atoms with E-state index >= 15 is 0 Å². The third kappa shape index (κ3) is 3.72. The number of fused-ring (bicyclic) bond motifs is 3. The molecule has 2 aliphatic rings. The normalized spacial score (nSPS) is 22.8. The Balaban J connectivity index is 1.48. The number of nitrogens with zero attached hydrogens (tertiary/aromatic N) is 2. The molecule has 2 amide bonds. The number of nitrogens with one attached hydrogen (secondary N) is 1. The van der Waals surface area contributed by atoms with Gasteiger partial charge >= 0.3 is 6.03 Å². The van der Waals surface area contributed by atoms with Gasteiger partial charge in [0.1, 0.15) is 0 Å². The van der Waals surface area contributed by atoms with E-state index in [4.69, 9.17) is 0 Å². The van der Waals surface area contributed by atoms with E-state index in [9.17, 15) is 4.79 Å². The Morgan fingerprint density at radius 1 is 0.903 bits per heavy atom. The Bertz CT molecular complexity index is 1040. The quantitative estimate of drug-likeness (QED) is 0.644. The van der Waals surface area contributed by atoms with Crippen molar-refractivity contribution in [3.05, 3.63) is 102 Å². The van der Waals surface area contributed by atoms with Crippen LogP contribution < -0.4 is 10.2 Å². The highest BCUT2D eigenvalue weighted by Gasteiger charge is 2.40. The van der Waals surface area contributed by atoms with E-state index in [1.165, 1.54) is 16.7 Å². The molecule has 2 aliphatic heterocycles. The van der Waals surface area contributed by atoms with Crippen LogP contribution in [0, 0.1) is 0 Å². The molecule has 31 heavy (non-hydrogen) atoms. The smallest absolute Gasteiger partial charge is 0.321 e. The molecule has 1 N–H and O–H groups in total. The first-order valence-corrected chi connectivity index (χ1v) is 11.2. The van der Waals surface area contributed by atoms with E-state index in [-0.39, 0.29) is 12.1 Å². The van der Waals surface area contributed by atoms with Crippen LogP contribution in [0.4, 0.5) is 10.5 Å². The average Bonchev–Trinajstić information content (AvgIpc) is 2.85. The van der Waals surface area contributed by atoms with Crippen LogP contribution in [0.2, 0.25) is 0 Å². The summed E-state index contributed by atoms with van der Waals surface area (Å²) >= 11 is 0. The third-order valence-corrected chi connectivity index (χ3v) is 6.87. The minimum Gasteiger partial charge on any atom is -0.341 e. The van der Waals surface area contributed by atoms with E-state index in [2.05, 4.69) is 64.8 Å². The Hall–Kier alpha value is -3.11. The largest absolute Gasteiger partial charge is 0.341 e. The molecule has 1 fully saturated rings. The lowest BCUT2D eigenvalue weighted by molar-refractivity contribution is 0.117. The molecule has 0 radical (unpaired) electrons. The van der Waals surface area contributed by atoms with E-state index in [1.54, 1.807) is 7.05 Å². The number of anilines is 1. The fraction of sp³-hybridized carbons (Fsp3) is 0.296. The predicted octanol–water partition coefficient (Wildman–Crippen LogP) is 5.18. The van der Waals surface area contributed by atoms with Crippen molar-refractivity contribution >= 4 is 11.7 Å². The van der Waals surface area contributed by atoms with E-state index < -0.39 is 0 Å². The van der Waals surface area contributed by atoms with Crippen LogP contribution in [0.5, 0.6) is 0 Å². The molecule has 0 spiro atoms. The summed E-state index contributed by atoms with van der Waals surface area (Å²) in [7, 11) is 1.72. The number of amides is 2. The second-order valence-electron chi connectivity index (χ2n) is 8.54. The van der Waals surface area contributed by atoms with Gasteiger partial charge in [0.25, 0.3) is 0 Å². The van der Waals surface area contributed by atoms with Crippen LogP contribution in [0.15, 0.2) is 84.9 Å². The molecule has 2 heterocycles. The monoisotopic (exact) mass is 411 g/mol. The Morgan fingerprint density at radius 2 is 1.55 bits per heavy atom. The number of benzene rings is 3. The highest BCUT2D eigenvalue weighted by molar-refractivity contribution is 5.92. The molecule has 1 saturated heterocycles. The second-order valence-corrected chi connectivity index (χ2v) is 8.54. The van der Waals surface area contributed by atoms with Gasteiger partial charge in [0.2, 0.25) is 0 Å². The molecule has 158 valence electrons. The number of hydrogen-bond donors (Lipinski definition) is 1. The molecule has 0 aliphatic carbocycles. The minimum atomic E-state index is -0.0316. The van der Waals surface area contributed by atoms with Gasteiger partial charge in [-0.15, -0.1) is 0 Å². The first kappa shape index (κ1) is 19.8. The number of carbonyl (C=O) groups is 1. The summed E-state index contributed by atoms with van der Waals surface area (Å²) in [6, 6.07) is 30.3. The van der Waals surface area contributed by atoms with Gasteiger partial charge in [-0.3, -0.25) is 9.80 Å². The zero-order valence-corrected chi connectivity index (χ0v) is 17.9. The fourth-order valence-corrected chi connectivity index (χ4v) is 5.41. The Morgan fingerprint density at radius 3 is 2.26 bits per heavy atom. The van der Waals surface area contributed by atoms with E-state index in [0.29, 0.717) is 12.0 Å². The van der Waals surface area contributed by atoms with Crippen molar-refractivity contribution in [2.45, 2.75) is 30.8 Å². The summed E-state index contributed by atoms with van der Waals surface area (Å²) in [5.74, 6) is 0.398. The van der Waals surface area contributed by atoms with Crippen LogP contribution in [-0.2, 0) is 0 Å². The van der Waals surface area contributed by atoms with Crippen LogP contribution in [0.1, 0.15) is 41.5 Å². The van der Waals surface area contributed by atoms with Crippen molar-refractivity contribution in [3.63, 3.8) is 0 Å². The number of rotatable bonds is 3. The van der Waals surface area contributed by atoms with Gasteiger partial charge in [-0.25, -0.2) is 4.79 Å². The zero-order chi connectivity index (χ0) is 21.2. The van der Waals surface area contributed by atoms with Crippen LogP contribution in [-0.4, -0.2) is 37.1 Å². The lowest BCUT2D eigenvalue weighted by Gasteiger charge is -2.48. The maximum atomic E-state index is 12.9. The number of piperidine rings is 1. The molecule has 0 aromatic heterocycles. The Kier molecular flexibility index (Phi) is 5.47. The summed E-state index contributed by atoms with van der Waals surface area (Å²) in [6.07, 6.45) is 1.92. The molecule has 0 saturated carbocycles. The molecule has 3 atom stereocenters. The van der Waals surface area contributed by atoms with Gasteiger partial charge in [-0.05, 0) is 41.7 Å². The molecule has 5 rings (SSSR count). The SMILES string of the molecule is CNC(=O)N(c1ccccc1)C1CCN2CC(c3ccccc3)c3ccccc3C2C1. The van der Waals surface area contributed by atoms with Crippen molar-refractivity contribution in [1.29, 1.82) is 0 Å². The second kappa shape index (κ2) is 8.56. The van der Waals surface area contributed by atoms with Gasteiger partial charge in [0.05, 0.1) is 0 Å². The van der Waals surface area contributed by atoms with Crippen molar-refractivity contribution in [2.75, 3.05) is 25.0 Å². The molecule has 4 nitrogen and oxygen atoms in total. The van der Waals surface area contributed by atoms with Gasteiger partial charge in [-0.1, -0.05) is 72.8 Å². The van der Waals surface area contributed by atoms with Crippen molar-refractivity contribution < 1.29 is 4.79 Å². The lowest BCUT2D eigenvalue weighted by atomic mass is 9.77. The third-order valence-electron chi connectivity index (χ3n) is 6.87. The van der Waals surface area contributed by atoms with E-state index in [0.717, 1.165) is 31.6 Å². The zero-order valence-electron chi connectivity index (χ0n) is 17.9. The van der Waals surface area contributed by atoms with Gasteiger partial charge in [0, 0.05) is 43.8 Å². The summed E-state index contributed by atoms with van der Waals surface area (Å²) in [4.78, 5) is 17.4. The molecule has 0 bridgehead atoms. The van der Waals surface area contributed by atoms with Gasteiger partial charge in [-0.2, -0.15) is 0 Å². The fourth-order valence-electron chi connectivity index (χ4n) is 5.41. The lowest BCUT2D eigenvalue weighted by Crippen LogP contribution is -2.53. The number of urea groups is 1. The maximum absolute atomic E-state index is 12.9. The van der Waals surface area contributed by atoms with Gasteiger partial charge in [0.15, 0.2) is 0 Å². The summed E-state index contributed by atoms with van der Waals surface area (Å²) < 4.78 is 0. The van der Waals surface area contributed by atoms with Crippen LogP contribution >= 0.6 is 0 Å². The summed E-state index contributed by atoms with van der Waals surface area (Å²) in [5, 5.41) is 2.85. The summed E-state index contributed by atoms with van der Waals surface area (Å²) in [6.45, 7) is 2.02. The van der Waals surface area contributed by atoms with Crippen molar-refractivity contribution in [1.82, 2.24) is 10.2 Å². The first-order valence-electron chi connectivity index (χ1n) is 11.2. The standard InChI is InChI=1S/C27H29N3O/c1-28-27(31)30(21-12-6-3-7-13-21)22-16-17-29-19-25(20-10-4-2-5-11-20)23-14-8-9-15-24(23)26(29)18-22/h2-15,22,25-26H,16-19H2,1H3,(H,28,31). The summed E-state index contributed by atoms with van der Waals surface area (Å²) in [5.41, 5.74) is 5.19. The molecule has 3 unspecified atom stereocenters. The number of hydrogen-bond acceptors (Lipinski definition) is 2. The molecule has 3 aromatic rings. The van der Waals surface area contributed by atoms with Gasteiger partial charge < -0.3 is 5.32 Å². The first-order chi connectivity index (χ1) is 15.3. The maximum Gasteiger partial charge on any atom is 0.321 e. The minimum absolute atomic E-state index is 0.0316. The average molecular weight is 412 g/mol. The van der Waals surface area contributed by atoms with Crippen LogP contribution in [0.3, 0.4) is 0 Å². The van der Waals surface area contributed by atoms with Crippen LogP contribution in [0.25, 0.3) is 0 Å². The molecule has 4 heteroatoms. The molecular formula is C27H29N3O. The van der Waals surface area contributed by atoms with E-state index in [1.807, 2.05) is 35.2 Å². The highest BCUT2D eigenvalue weighted by Crippen LogP contribution is 2.44. The van der Waals surface area contributed by atoms with Crippen molar-refractivity contribution in [3.8, 4) is 0 Å².